The molecule has 0 heterocycles. The molecule has 0 saturated heterocycles. The van der Waals surface area contributed by atoms with Gasteiger partial charge in [0.2, 0.25) is 0 Å². The van der Waals surface area contributed by atoms with Gasteiger partial charge in [-0.3, -0.25) is 0 Å². The normalized spacial score (nSPS) is 10.2. The number of methoxy groups -OCH3 is 2. The van der Waals surface area contributed by atoms with Gasteiger partial charge in [-0.2, -0.15) is 0 Å². The summed E-state index contributed by atoms with van der Waals surface area (Å²) < 4.78 is 22.3. The molecule has 0 aliphatic carbocycles. The third kappa shape index (κ3) is 4.23. The minimum atomic E-state index is 0.592. The van der Waals surface area contributed by atoms with Gasteiger partial charge in [0, 0.05) is 6.07 Å². The van der Waals surface area contributed by atoms with Crippen molar-refractivity contribution in [1.82, 2.24) is 0 Å². The van der Waals surface area contributed by atoms with Gasteiger partial charge in [0.1, 0.15) is 23.0 Å². The summed E-state index contributed by atoms with van der Waals surface area (Å²) in [5.41, 5.74) is 1.16. The maximum atomic E-state index is 5.91. The summed E-state index contributed by atoms with van der Waals surface area (Å²) in [5, 5.41) is 0. The van der Waals surface area contributed by atoms with Crippen LogP contribution in [0.3, 0.4) is 0 Å². The number of ether oxygens (including phenoxy) is 4. The predicted octanol–water partition coefficient (Wildman–Crippen LogP) is 5.60. The lowest BCUT2D eigenvalue weighted by atomic mass is 10.2. The third-order valence-electron chi connectivity index (χ3n) is 3.65. The maximum Gasteiger partial charge on any atom is 0.172 e. The Balaban J connectivity index is 1.74. The second kappa shape index (κ2) is 7.62. The molecule has 0 radical (unpaired) electrons. The van der Waals surface area contributed by atoms with Gasteiger partial charge >= 0.3 is 0 Å². The molecule has 0 atom stereocenters. The molecule has 4 nitrogen and oxygen atoms in total. The smallest absolute Gasteiger partial charge is 0.172 e. The van der Waals surface area contributed by atoms with Gasteiger partial charge in [-0.05, 0) is 61.0 Å². The Morgan fingerprint density at radius 3 is 1.88 bits per heavy atom. The van der Waals surface area contributed by atoms with Gasteiger partial charge in [0.25, 0.3) is 0 Å². The van der Waals surface area contributed by atoms with E-state index < -0.39 is 0 Å². The molecule has 0 N–H and O–H groups in total. The molecular weight excluding hydrogens is 316 g/mol. The fourth-order valence-corrected chi connectivity index (χ4v) is 2.38. The van der Waals surface area contributed by atoms with Gasteiger partial charge in [0.05, 0.1) is 14.2 Å². The molecule has 128 valence electrons. The van der Waals surface area contributed by atoms with E-state index in [1.54, 1.807) is 20.3 Å². The Morgan fingerprint density at radius 2 is 1.24 bits per heavy atom. The van der Waals surface area contributed by atoms with Crippen molar-refractivity contribution in [2.45, 2.75) is 6.92 Å². The Bertz CT molecular complexity index is 841. The number of hydrogen-bond acceptors (Lipinski definition) is 4. The second-order valence-corrected chi connectivity index (χ2v) is 5.51. The second-order valence-electron chi connectivity index (χ2n) is 5.51. The van der Waals surface area contributed by atoms with Gasteiger partial charge in [0.15, 0.2) is 11.5 Å². The number of hydrogen-bond donors (Lipinski definition) is 0. The highest BCUT2D eigenvalue weighted by Crippen LogP contribution is 2.35. The Labute approximate surface area is 147 Å². The van der Waals surface area contributed by atoms with Crippen LogP contribution in [0.5, 0.6) is 34.5 Å². The zero-order valence-corrected chi connectivity index (χ0v) is 14.5. The monoisotopic (exact) mass is 336 g/mol. The summed E-state index contributed by atoms with van der Waals surface area (Å²) in [6, 6.07) is 20.8. The molecule has 0 bridgehead atoms. The van der Waals surface area contributed by atoms with Crippen LogP contribution in [0.1, 0.15) is 5.56 Å². The van der Waals surface area contributed by atoms with Crippen LogP contribution in [0.4, 0.5) is 0 Å². The van der Waals surface area contributed by atoms with Crippen LogP contribution in [0, 0.1) is 6.92 Å². The first kappa shape index (κ1) is 16.7. The van der Waals surface area contributed by atoms with Gasteiger partial charge < -0.3 is 18.9 Å². The average Bonchev–Trinajstić information content (AvgIpc) is 2.63. The van der Waals surface area contributed by atoms with Crippen molar-refractivity contribution in [2.75, 3.05) is 14.2 Å². The lowest BCUT2D eigenvalue weighted by Crippen LogP contribution is -1.92. The SMILES string of the molecule is COc1ccc(OC)c(Oc2ccc(Oc3cccc(C)c3)cc2)c1. The first-order chi connectivity index (χ1) is 12.2. The fraction of sp³-hybridized carbons (Fsp3) is 0.143. The van der Waals surface area contributed by atoms with E-state index in [4.69, 9.17) is 18.9 Å². The molecule has 0 aliphatic rings. The van der Waals surface area contributed by atoms with Crippen LogP contribution in [0.2, 0.25) is 0 Å². The summed E-state index contributed by atoms with van der Waals surface area (Å²) in [5.74, 6) is 4.17. The molecule has 0 aliphatic heterocycles. The Kier molecular flexibility index (Phi) is 5.09. The van der Waals surface area contributed by atoms with E-state index in [-0.39, 0.29) is 0 Å². The average molecular weight is 336 g/mol. The van der Waals surface area contributed by atoms with E-state index >= 15 is 0 Å². The van der Waals surface area contributed by atoms with E-state index in [9.17, 15) is 0 Å². The van der Waals surface area contributed by atoms with E-state index in [1.807, 2.05) is 67.6 Å². The van der Waals surface area contributed by atoms with Crippen LogP contribution in [0.25, 0.3) is 0 Å². The quantitative estimate of drug-likeness (QED) is 0.587. The highest BCUT2D eigenvalue weighted by Gasteiger charge is 2.08. The molecule has 0 fully saturated rings. The lowest BCUT2D eigenvalue weighted by Gasteiger charge is -2.12. The standard InChI is InChI=1S/C21H20O4/c1-15-5-4-6-19(13-15)24-16-7-9-17(10-8-16)25-21-14-18(22-2)11-12-20(21)23-3/h4-14H,1-3H3. The molecule has 3 aromatic rings. The number of benzene rings is 3. The van der Waals surface area contributed by atoms with Gasteiger partial charge in [-0.1, -0.05) is 12.1 Å². The van der Waals surface area contributed by atoms with Crippen molar-refractivity contribution in [2.24, 2.45) is 0 Å². The van der Waals surface area contributed by atoms with Crippen LogP contribution >= 0.6 is 0 Å². The Hall–Kier alpha value is -3.14. The van der Waals surface area contributed by atoms with E-state index in [0.717, 1.165) is 17.1 Å². The van der Waals surface area contributed by atoms with Gasteiger partial charge in [-0.25, -0.2) is 0 Å². The Morgan fingerprint density at radius 1 is 0.560 bits per heavy atom. The summed E-state index contributed by atoms with van der Waals surface area (Å²) in [6.07, 6.45) is 0. The third-order valence-corrected chi connectivity index (χ3v) is 3.65. The number of rotatable bonds is 6. The largest absolute Gasteiger partial charge is 0.497 e. The molecule has 0 saturated carbocycles. The zero-order valence-electron chi connectivity index (χ0n) is 14.5. The summed E-state index contributed by atoms with van der Waals surface area (Å²) in [7, 11) is 3.22. The topological polar surface area (TPSA) is 36.9 Å². The molecule has 0 aromatic heterocycles. The van der Waals surface area contributed by atoms with E-state index in [2.05, 4.69) is 0 Å². The van der Waals surface area contributed by atoms with Crippen LogP contribution in [-0.4, -0.2) is 14.2 Å². The van der Waals surface area contributed by atoms with Crippen molar-refractivity contribution < 1.29 is 18.9 Å². The molecule has 0 spiro atoms. The lowest BCUT2D eigenvalue weighted by molar-refractivity contribution is 0.370. The van der Waals surface area contributed by atoms with Crippen molar-refractivity contribution in [3.8, 4) is 34.5 Å². The van der Waals surface area contributed by atoms with E-state index in [0.29, 0.717) is 23.0 Å². The molecule has 25 heavy (non-hydrogen) atoms. The summed E-state index contributed by atoms with van der Waals surface area (Å²) in [6.45, 7) is 2.03. The number of aryl methyl sites for hydroxylation is 1. The molecule has 3 rings (SSSR count). The van der Waals surface area contributed by atoms with Crippen LogP contribution in [-0.2, 0) is 0 Å². The predicted molar refractivity (Wildman–Crippen MR) is 97.3 cm³/mol. The maximum absolute atomic E-state index is 5.91. The highest BCUT2D eigenvalue weighted by atomic mass is 16.5. The van der Waals surface area contributed by atoms with Gasteiger partial charge in [-0.15, -0.1) is 0 Å². The van der Waals surface area contributed by atoms with Crippen molar-refractivity contribution >= 4 is 0 Å². The van der Waals surface area contributed by atoms with Crippen LogP contribution in [0.15, 0.2) is 66.7 Å². The first-order valence-electron chi connectivity index (χ1n) is 7.92. The van der Waals surface area contributed by atoms with Crippen molar-refractivity contribution in [1.29, 1.82) is 0 Å². The van der Waals surface area contributed by atoms with Crippen molar-refractivity contribution in [3.63, 3.8) is 0 Å². The van der Waals surface area contributed by atoms with E-state index in [1.165, 1.54) is 0 Å². The molecular formula is C21H20O4. The molecule has 0 amide bonds. The minimum absolute atomic E-state index is 0.592. The molecule has 4 heteroatoms. The summed E-state index contributed by atoms with van der Waals surface area (Å²) >= 11 is 0. The summed E-state index contributed by atoms with van der Waals surface area (Å²) in [4.78, 5) is 0. The van der Waals surface area contributed by atoms with Crippen molar-refractivity contribution in [3.05, 3.63) is 72.3 Å². The van der Waals surface area contributed by atoms with Crippen LogP contribution < -0.4 is 18.9 Å². The first-order valence-corrected chi connectivity index (χ1v) is 7.92. The zero-order chi connectivity index (χ0) is 17.6. The fourth-order valence-electron chi connectivity index (χ4n) is 2.38. The molecule has 0 unspecified atom stereocenters. The minimum Gasteiger partial charge on any atom is -0.497 e. The molecule has 3 aromatic carbocycles. The highest BCUT2D eigenvalue weighted by molar-refractivity contribution is 5.48.